The Morgan fingerprint density at radius 2 is 1.76 bits per heavy atom. The Labute approximate surface area is 182 Å². The van der Waals surface area contributed by atoms with Crippen LogP contribution in [0.1, 0.15) is 5.82 Å². The lowest BCUT2D eigenvalue weighted by molar-refractivity contribution is -0.113. The number of thioether (sulfide) groups is 1. The number of benzene rings is 2. The minimum absolute atomic E-state index is 0.162. The van der Waals surface area contributed by atoms with Crippen molar-refractivity contribution in [2.45, 2.75) is 11.8 Å². The SMILES string of the molecule is COc1ccc(OCc2nnc(SCC(=O)Nc3cc(Cl)cc(Cl)c3)n2C)cc1. The zero-order chi connectivity index (χ0) is 20.8. The molecule has 0 radical (unpaired) electrons. The third-order valence-electron chi connectivity index (χ3n) is 3.83. The van der Waals surface area contributed by atoms with Crippen LogP contribution in [-0.2, 0) is 18.4 Å². The van der Waals surface area contributed by atoms with Gasteiger partial charge in [-0.15, -0.1) is 10.2 Å². The van der Waals surface area contributed by atoms with Crippen LogP contribution in [0.25, 0.3) is 0 Å². The van der Waals surface area contributed by atoms with Crippen LogP contribution in [0.15, 0.2) is 47.6 Å². The fraction of sp³-hybridized carbons (Fsp3) is 0.211. The number of carbonyl (C=O) groups excluding carboxylic acids is 1. The van der Waals surface area contributed by atoms with Crippen LogP contribution < -0.4 is 14.8 Å². The Hall–Kier alpha value is -2.42. The summed E-state index contributed by atoms with van der Waals surface area (Å²) < 4.78 is 12.6. The summed E-state index contributed by atoms with van der Waals surface area (Å²) in [5, 5.41) is 12.5. The van der Waals surface area contributed by atoms with Crippen LogP contribution in [0, 0.1) is 0 Å². The van der Waals surface area contributed by atoms with E-state index < -0.39 is 0 Å². The van der Waals surface area contributed by atoms with E-state index in [9.17, 15) is 4.79 Å². The van der Waals surface area contributed by atoms with Gasteiger partial charge in [0.15, 0.2) is 11.0 Å². The van der Waals surface area contributed by atoms with Crippen molar-refractivity contribution < 1.29 is 14.3 Å². The van der Waals surface area contributed by atoms with Crippen molar-refractivity contribution in [3.8, 4) is 11.5 Å². The Kier molecular flexibility index (Phi) is 7.24. The molecule has 1 amide bonds. The molecule has 0 aliphatic rings. The van der Waals surface area contributed by atoms with E-state index in [-0.39, 0.29) is 18.3 Å². The van der Waals surface area contributed by atoms with Gasteiger partial charge in [0.2, 0.25) is 5.91 Å². The van der Waals surface area contributed by atoms with Crippen molar-refractivity contribution in [1.82, 2.24) is 14.8 Å². The fourth-order valence-corrected chi connectivity index (χ4v) is 3.63. The van der Waals surface area contributed by atoms with E-state index in [4.69, 9.17) is 32.7 Å². The topological polar surface area (TPSA) is 78.3 Å². The van der Waals surface area contributed by atoms with Crippen molar-refractivity contribution in [3.63, 3.8) is 0 Å². The molecule has 7 nitrogen and oxygen atoms in total. The zero-order valence-corrected chi connectivity index (χ0v) is 18.0. The van der Waals surface area contributed by atoms with Crippen LogP contribution in [0.2, 0.25) is 10.0 Å². The van der Waals surface area contributed by atoms with Crippen molar-refractivity contribution in [1.29, 1.82) is 0 Å². The van der Waals surface area contributed by atoms with Crippen LogP contribution in [-0.4, -0.2) is 33.5 Å². The van der Waals surface area contributed by atoms with Crippen molar-refractivity contribution in [3.05, 3.63) is 58.3 Å². The van der Waals surface area contributed by atoms with E-state index in [1.54, 1.807) is 29.9 Å². The zero-order valence-electron chi connectivity index (χ0n) is 15.7. The predicted molar refractivity (Wildman–Crippen MR) is 114 cm³/mol. The summed E-state index contributed by atoms with van der Waals surface area (Å²) in [5.41, 5.74) is 0.541. The van der Waals surface area contributed by atoms with Gasteiger partial charge in [0.1, 0.15) is 18.1 Å². The number of halogens is 2. The highest BCUT2D eigenvalue weighted by atomic mass is 35.5. The minimum atomic E-state index is -0.202. The second-order valence-corrected chi connectivity index (χ2v) is 7.73. The summed E-state index contributed by atoms with van der Waals surface area (Å²) in [7, 11) is 3.43. The minimum Gasteiger partial charge on any atom is -0.497 e. The fourth-order valence-electron chi connectivity index (χ4n) is 2.37. The molecule has 0 saturated carbocycles. The first-order chi connectivity index (χ1) is 13.9. The summed E-state index contributed by atoms with van der Waals surface area (Å²) in [6.45, 7) is 0.254. The molecule has 29 heavy (non-hydrogen) atoms. The summed E-state index contributed by atoms with van der Waals surface area (Å²) in [5.74, 6) is 2.06. The van der Waals surface area contributed by atoms with Crippen LogP contribution in [0.3, 0.4) is 0 Å². The van der Waals surface area contributed by atoms with E-state index in [2.05, 4.69) is 15.5 Å². The maximum atomic E-state index is 12.2. The highest BCUT2D eigenvalue weighted by molar-refractivity contribution is 7.99. The van der Waals surface area contributed by atoms with E-state index >= 15 is 0 Å². The molecule has 2 aromatic carbocycles. The maximum absolute atomic E-state index is 12.2. The molecule has 1 aromatic heterocycles. The largest absolute Gasteiger partial charge is 0.497 e. The lowest BCUT2D eigenvalue weighted by atomic mass is 10.3. The summed E-state index contributed by atoms with van der Waals surface area (Å²) in [6, 6.07) is 12.1. The molecule has 152 valence electrons. The van der Waals surface area contributed by atoms with Gasteiger partial charge in [-0.3, -0.25) is 4.79 Å². The van der Waals surface area contributed by atoms with Gasteiger partial charge in [-0.2, -0.15) is 0 Å². The third-order valence-corrected chi connectivity index (χ3v) is 5.29. The molecule has 0 spiro atoms. The van der Waals surface area contributed by atoms with E-state index in [0.29, 0.717) is 32.5 Å². The Bertz CT molecular complexity index is 975. The Morgan fingerprint density at radius 3 is 2.41 bits per heavy atom. The number of aromatic nitrogens is 3. The van der Waals surface area contributed by atoms with Gasteiger partial charge < -0.3 is 19.4 Å². The monoisotopic (exact) mass is 452 g/mol. The number of hydrogen-bond donors (Lipinski definition) is 1. The number of methoxy groups -OCH3 is 1. The van der Waals surface area contributed by atoms with Gasteiger partial charge in [-0.1, -0.05) is 35.0 Å². The molecule has 0 aliphatic carbocycles. The van der Waals surface area contributed by atoms with Gasteiger partial charge in [-0.05, 0) is 42.5 Å². The summed E-state index contributed by atoms with van der Waals surface area (Å²) >= 11 is 13.1. The third kappa shape index (κ3) is 6.03. The molecule has 3 rings (SSSR count). The smallest absolute Gasteiger partial charge is 0.234 e. The highest BCUT2D eigenvalue weighted by Crippen LogP contribution is 2.23. The van der Waals surface area contributed by atoms with E-state index in [1.807, 2.05) is 31.3 Å². The highest BCUT2D eigenvalue weighted by Gasteiger charge is 2.12. The predicted octanol–water partition coefficient (Wildman–Crippen LogP) is 4.44. The second kappa shape index (κ2) is 9.87. The van der Waals surface area contributed by atoms with Crippen LogP contribution in [0.5, 0.6) is 11.5 Å². The van der Waals surface area contributed by atoms with Crippen molar-refractivity contribution >= 4 is 46.6 Å². The molecular weight excluding hydrogens is 435 g/mol. The van der Waals surface area contributed by atoms with E-state index in [0.717, 1.165) is 5.75 Å². The maximum Gasteiger partial charge on any atom is 0.234 e. The first kappa shape index (κ1) is 21.3. The molecule has 0 atom stereocenters. The average molecular weight is 453 g/mol. The molecule has 0 unspecified atom stereocenters. The number of nitrogens with zero attached hydrogens (tertiary/aromatic N) is 3. The van der Waals surface area contributed by atoms with Gasteiger partial charge in [-0.25, -0.2) is 0 Å². The van der Waals surface area contributed by atoms with Crippen molar-refractivity contribution in [2.24, 2.45) is 7.05 Å². The lowest BCUT2D eigenvalue weighted by Gasteiger charge is -2.08. The average Bonchev–Trinajstić information content (AvgIpc) is 3.04. The molecular formula is C19H18Cl2N4O3S. The molecule has 1 heterocycles. The van der Waals surface area contributed by atoms with E-state index in [1.165, 1.54) is 11.8 Å². The van der Waals surface area contributed by atoms with Crippen LogP contribution >= 0.6 is 35.0 Å². The number of amides is 1. The van der Waals surface area contributed by atoms with Gasteiger partial charge in [0.25, 0.3) is 0 Å². The van der Waals surface area contributed by atoms with Crippen molar-refractivity contribution in [2.75, 3.05) is 18.2 Å². The number of carbonyl (C=O) groups is 1. The molecule has 0 bridgehead atoms. The normalized spacial score (nSPS) is 10.6. The molecule has 3 aromatic rings. The first-order valence-electron chi connectivity index (χ1n) is 8.48. The number of hydrogen-bond acceptors (Lipinski definition) is 6. The standard InChI is InChI=1S/C19H18Cl2N4O3S/c1-25-17(10-28-16-5-3-15(27-2)4-6-16)23-24-19(25)29-11-18(26)22-14-8-12(20)7-13(21)9-14/h3-9H,10-11H2,1-2H3,(H,22,26). The second-order valence-electron chi connectivity index (χ2n) is 5.92. The number of nitrogens with one attached hydrogen (secondary N) is 1. The number of rotatable bonds is 8. The molecule has 0 fully saturated rings. The molecule has 0 saturated heterocycles. The Balaban J connectivity index is 1.52. The quantitative estimate of drug-likeness (QED) is 0.508. The van der Waals surface area contributed by atoms with Gasteiger partial charge in [0.05, 0.1) is 12.9 Å². The molecule has 0 aliphatic heterocycles. The summed E-state index contributed by atoms with van der Waals surface area (Å²) in [6.07, 6.45) is 0. The number of anilines is 1. The van der Waals surface area contributed by atoms with Crippen LogP contribution in [0.4, 0.5) is 5.69 Å². The van der Waals surface area contributed by atoms with Gasteiger partial charge in [0, 0.05) is 22.8 Å². The first-order valence-corrected chi connectivity index (χ1v) is 10.2. The molecule has 1 N–H and O–H groups in total. The van der Waals surface area contributed by atoms with Gasteiger partial charge >= 0.3 is 0 Å². The summed E-state index contributed by atoms with van der Waals surface area (Å²) in [4.78, 5) is 12.2. The number of ether oxygens (including phenoxy) is 2. The molecule has 10 heteroatoms. The Morgan fingerprint density at radius 1 is 1.10 bits per heavy atom. The lowest BCUT2D eigenvalue weighted by Crippen LogP contribution is -2.14.